The number of carbonyl (C=O) groups excluding carboxylic acids is 2. The predicted molar refractivity (Wildman–Crippen MR) is 129 cm³/mol. The van der Waals surface area contributed by atoms with Gasteiger partial charge in [0.05, 0.1) is 5.56 Å². The summed E-state index contributed by atoms with van der Waals surface area (Å²) < 4.78 is 5.91. The summed E-state index contributed by atoms with van der Waals surface area (Å²) in [4.78, 5) is 33.0. The van der Waals surface area contributed by atoms with Crippen LogP contribution in [-0.4, -0.2) is 53.6 Å². The van der Waals surface area contributed by atoms with Gasteiger partial charge in [0.15, 0.2) is 0 Å². The minimum Gasteiger partial charge on any atom is -0.474 e. The van der Waals surface area contributed by atoms with E-state index >= 15 is 0 Å². The molecule has 2 aliphatic rings. The number of benzene rings is 1. The molecule has 3 amide bonds. The number of hydrogen-bond donors (Lipinski definition) is 1. The lowest BCUT2D eigenvalue weighted by atomic mass is 9.93. The quantitative estimate of drug-likeness (QED) is 0.676. The van der Waals surface area contributed by atoms with Crippen LogP contribution in [0.4, 0.5) is 10.5 Å². The number of rotatable bonds is 7. The van der Waals surface area contributed by atoms with Crippen LogP contribution < -0.4 is 15.0 Å². The number of carbonyl (C=O) groups is 2. The Morgan fingerprint density at radius 1 is 1.15 bits per heavy atom. The minimum absolute atomic E-state index is 0.0457. The molecule has 0 unspecified atom stereocenters. The highest BCUT2D eigenvalue weighted by atomic mass is 16.5. The van der Waals surface area contributed by atoms with Crippen molar-refractivity contribution < 1.29 is 14.3 Å². The number of hydrogen-bond acceptors (Lipinski definition) is 5. The van der Waals surface area contributed by atoms with Crippen molar-refractivity contribution in [3.63, 3.8) is 0 Å². The second-order valence-electron chi connectivity index (χ2n) is 9.26. The predicted octanol–water partition coefficient (Wildman–Crippen LogP) is 3.83. The van der Waals surface area contributed by atoms with E-state index in [1.54, 1.807) is 21.9 Å². The Labute approximate surface area is 200 Å². The van der Waals surface area contributed by atoms with Gasteiger partial charge in [0.1, 0.15) is 18.7 Å². The van der Waals surface area contributed by atoms with Crippen molar-refractivity contribution in [2.75, 3.05) is 24.5 Å². The summed E-state index contributed by atoms with van der Waals surface area (Å²) in [6.07, 6.45) is 4.81. The SMILES string of the molecule is CC(C)c1ccc(N2CCN(CC(=O)NC3CCC(Oc4ccc(C#N)cn4)CC3)C2=O)cc1. The third kappa shape index (κ3) is 5.66. The van der Waals surface area contributed by atoms with Gasteiger partial charge in [-0.15, -0.1) is 0 Å². The molecule has 2 heterocycles. The molecule has 4 rings (SSSR count). The first kappa shape index (κ1) is 23.6. The van der Waals surface area contributed by atoms with Gasteiger partial charge in [-0.25, -0.2) is 9.78 Å². The third-order valence-electron chi connectivity index (χ3n) is 6.49. The highest BCUT2D eigenvalue weighted by Gasteiger charge is 2.32. The van der Waals surface area contributed by atoms with Crippen molar-refractivity contribution in [2.24, 2.45) is 0 Å². The summed E-state index contributed by atoms with van der Waals surface area (Å²) in [5.74, 6) is 0.837. The zero-order valence-electron chi connectivity index (χ0n) is 19.7. The molecule has 1 N–H and O–H groups in total. The Kier molecular flexibility index (Phi) is 7.31. The van der Waals surface area contributed by atoms with Gasteiger partial charge >= 0.3 is 6.03 Å². The molecule has 1 saturated heterocycles. The number of nitriles is 1. The van der Waals surface area contributed by atoms with E-state index < -0.39 is 0 Å². The first-order valence-corrected chi connectivity index (χ1v) is 11.9. The molecule has 8 nitrogen and oxygen atoms in total. The van der Waals surface area contributed by atoms with Crippen molar-refractivity contribution in [3.8, 4) is 11.9 Å². The van der Waals surface area contributed by atoms with Crippen molar-refractivity contribution in [3.05, 3.63) is 53.7 Å². The van der Waals surface area contributed by atoms with Crippen molar-refractivity contribution in [1.82, 2.24) is 15.2 Å². The summed E-state index contributed by atoms with van der Waals surface area (Å²) in [6.45, 7) is 5.48. The van der Waals surface area contributed by atoms with Gasteiger partial charge in [-0.3, -0.25) is 9.69 Å². The van der Waals surface area contributed by atoms with Gasteiger partial charge in [-0.05, 0) is 55.4 Å². The van der Waals surface area contributed by atoms with Crippen LogP contribution in [0.15, 0.2) is 42.6 Å². The lowest BCUT2D eigenvalue weighted by molar-refractivity contribution is -0.122. The summed E-state index contributed by atoms with van der Waals surface area (Å²) in [7, 11) is 0. The van der Waals surface area contributed by atoms with E-state index in [1.165, 1.54) is 11.8 Å². The maximum Gasteiger partial charge on any atom is 0.325 e. The standard InChI is InChI=1S/C26H31N5O3/c1-18(2)20-4-8-22(9-5-20)31-14-13-30(26(31)33)17-24(32)29-21-6-10-23(11-7-21)34-25-12-3-19(15-27)16-28-25/h3-5,8-9,12,16,18,21,23H,6-7,10-11,13-14,17H2,1-2H3,(H,29,32). The molecule has 1 aromatic heterocycles. The first-order chi connectivity index (χ1) is 16.4. The Hall–Kier alpha value is -3.60. The van der Waals surface area contributed by atoms with Gasteiger partial charge < -0.3 is 15.0 Å². The molecule has 2 fully saturated rings. The Morgan fingerprint density at radius 2 is 1.88 bits per heavy atom. The second-order valence-corrected chi connectivity index (χ2v) is 9.26. The monoisotopic (exact) mass is 461 g/mol. The normalized spacial score (nSPS) is 20.4. The summed E-state index contributed by atoms with van der Waals surface area (Å²) in [6, 6.07) is 13.5. The third-order valence-corrected chi connectivity index (χ3v) is 6.49. The van der Waals surface area contributed by atoms with Crippen LogP contribution in [0, 0.1) is 11.3 Å². The Morgan fingerprint density at radius 3 is 2.50 bits per heavy atom. The zero-order chi connectivity index (χ0) is 24.1. The average Bonchev–Trinajstić information content (AvgIpc) is 3.20. The molecule has 0 spiro atoms. The maximum atomic E-state index is 12.8. The average molecular weight is 462 g/mol. The largest absolute Gasteiger partial charge is 0.474 e. The van der Waals surface area contributed by atoms with Crippen molar-refractivity contribution in [1.29, 1.82) is 5.26 Å². The van der Waals surface area contributed by atoms with E-state index in [2.05, 4.69) is 36.3 Å². The molecule has 1 aliphatic carbocycles. The number of anilines is 1. The highest BCUT2D eigenvalue weighted by Crippen LogP contribution is 2.25. The molecular formula is C26H31N5O3. The van der Waals surface area contributed by atoms with Gasteiger partial charge in [0.25, 0.3) is 0 Å². The molecule has 8 heteroatoms. The fourth-order valence-electron chi connectivity index (χ4n) is 4.47. The number of aromatic nitrogens is 1. The fourth-order valence-corrected chi connectivity index (χ4v) is 4.47. The van der Waals surface area contributed by atoms with Crippen molar-refractivity contribution >= 4 is 17.6 Å². The summed E-state index contributed by atoms with van der Waals surface area (Å²) >= 11 is 0. The number of pyridine rings is 1. The smallest absolute Gasteiger partial charge is 0.325 e. The molecule has 1 aromatic carbocycles. The highest BCUT2D eigenvalue weighted by molar-refractivity contribution is 5.96. The molecular weight excluding hydrogens is 430 g/mol. The maximum absolute atomic E-state index is 12.8. The van der Waals surface area contributed by atoms with E-state index in [4.69, 9.17) is 10.00 Å². The Bertz CT molecular complexity index is 1040. The topological polar surface area (TPSA) is 98.6 Å². The molecule has 34 heavy (non-hydrogen) atoms. The number of nitrogens with one attached hydrogen (secondary N) is 1. The van der Waals surface area contributed by atoms with E-state index in [-0.39, 0.29) is 30.6 Å². The number of ether oxygens (including phenoxy) is 1. The van der Waals surface area contributed by atoms with Crippen LogP contribution in [0.1, 0.15) is 56.6 Å². The van der Waals surface area contributed by atoms with E-state index in [0.29, 0.717) is 30.5 Å². The zero-order valence-corrected chi connectivity index (χ0v) is 19.7. The Balaban J connectivity index is 1.21. The summed E-state index contributed by atoms with van der Waals surface area (Å²) in [5.41, 5.74) is 2.61. The summed E-state index contributed by atoms with van der Waals surface area (Å²) in [5, 5.41) is 11.9. The molecule has 2 aromatic rings. The molecule has 1 saturated carbocycles. The molecule has 0 radical (unpaired) electrons. The fraction of sp³-hybridized carbons (Fsp3) is 0.462. The van der Waals surface area contributed by atoms with E-state index in [0.717, 1.165) is 31.4 Å². The van der Waals surface area contributed by atoms with Crippen molar-refractivity contribution in [2.45, 2.75) is 57.6 Å². The van der Waals surface area contributed by atoms with Crippen LogP contribution in [0.5, 0.6) is 5.88 Å². The van der Waals surface area contributed by atoms with Gasteiger partial charge in [-0.1, -0.05) is 26.0 Å². The van der Waals surface area contributed by atoms with Crippen LogP contribution >= 0.6 is 0 Å². The molecule has 0 bridgehead atoms. The lowest BCUT2D eigenvalue weighted by Gasteiger charge is -2.29. The molecule has 1 aliphatic heterocycles. The number of nitrogens with zero attached hydrogens (tertiary/aromatic N) is 4. The van der Waals surface area contributed by atoms with Gasteiger partial charge in [-0.2, -0.15) is 5.26 Å². The number of amides is 3. The van der Waals surface area contributed by atoms with Crippen LogP contribution in [0.3, 0.4) is 0 Å². The molecule has 178 valence electrons. The first-order valence-electron chi connectivity index (χ1n) is 11.9. The van der Waals surface area contributed by atoms with Crippen LogP contribution in [0.2, 0.25) is 0 Å². The lowest BCUT2D eigenvalue weighted by Crippen LogP contribution is -2.45. The van der Waals surface area contributed by atoms with Crippen LogP contribution in [-0.2, 0) is 4.79 Å². The molecule has 0 atom stereocenters. The van der Waals surface area contributed by atoms with Gasteiger partial charge in [0, 0.05) is 37.1 Å². The van der Waals surface area contributed by atoms with E-state index in [1.807, 2.05) is 18.2 Å². The van der Waals surface area contributed by atoms with Gasteiger partial charge in [0.2, 0.25) is 11.8 Å². The second kappa shape index (κ2) is 10.6. The number of urea groups is 1. The minimum atomic E-state index is -0.125. The van der Waals surface area contributed by atoms with Crippen LogP contribution in [0.25, 0.3) is 0 Å². The van der Waals surface area contributed by atoms with E-state index in [9.17, 15) is 9.59 Å².